The summed E-state index contributed by atoms with van der Waals surface area (Å²) in [7, 11) is -4.06. The molecule has 0 aromatic carbocycles. The lowest BCUT2D eigenvalue weighted by atomic mass is 11.8. The van der Waals surface area contributed by atoms with Crippen LogP contribution in [0.2, 0.25) is 0 Å². The van der Waals surface area contributed by atoms with Crippen LogP contribution in [-0.2, 0) is 0 Å². The predicted octanol–water partition coefficient (Wildman–Crippen LogP) is 2.06. The lowest BCUT2D eigenvalue weighted by Gasteiger charge is -2.03. The molecule has 0 nitrogen and oxygen atoms in total. The van der Waals surface area contributed by atoms with E-state index in [9.17, 15) is 8.22 Å². The zero-order valence-corrected chi connectivity index (χ0v) is 6.39. The zero-order chi connectivity index (χ0) is 6.08. The first-order valence-electron chi connectivity index (χ1n) is 1.29. The summed E-state index contributed by atoms with van der Waals surface area (Å²) in [4.78, 5) is 0. The van der Waals surface area contributed by atoms with Gasteiger partial charge in [-0.05, 0) is 0 Å². The summed E-state index contributed by atoms with van der Waals surface area (Å²) in [6, 6.07) is 0. The molecular formula is CHCl3F2Si. The highest BCUT2D eigenvalue weighted by Gasteiger charge is 2.36. The van der Waals surface area contributed by atoms with Crippen molar-refractivity contribution in [3.05, 3.63) is 0 Å². The maximum atomic E-state index is 11.3. The van der Waals surface area contributed by atoms with Gasteiger partial charge in [0.2, 0.25) is 3.42 Å². The fourth-order valence-electron chi connectivity index (χ4n) is 0. The second kappa shape index (κ2) is 2.48. The number of rotatable bonds is 0. The third kappa shape index (κ3) is 3.52. The lowest BCUT2D eigenvalue weighted by molar-refractivity contribution is 0.658. The molecule has 0 rings (SSSR count). The van der Waals surface area contributed by atoms with Gasteiger partial charge in [-0.1, -0.05) is 34.8 Å². The van der Waals surface area contributed by atoms with E-state index in [1.807, 2.05) is 0 Å². The van der Waals surface area contributed by atoms with E-state index in [1.54, 1.807) is 0 Å². The van der Waals surface area contributed by atoms with Crippen molar-refractivity contribution >= 4 is 44.3 Å². The van der Waals surface area contributed by atoms with E-state index in [0.29, 0.717) is 0 Å². The van der Waals surface area contributed by atoms with E-state index >= 15 is 0 Å². The number of halogens is 5. The summed E-state index contributed by atoms with van der Waals surface area (Å²) in [5.74, 6) is 0. The van der Waals surface area contributed by atoms with E-state index in [4.69, 9.17) is 34.8 Å². The molecule has 0 aromatic heterocycles. The standard InChI is InChI=1S/CHCl3F2Si/c2-1(3,4)7(5)6/h7H. The lowest BCUT2D eigenvalue weighted by Crippen LogP contribution is -2.20. The van der Waals surface area contributed by atoms with Crippen LogP contribution in [0.25, 0.3) is 0 Å². The summed E-state index contributed by atoms with van der Waals surface area (Å²) in [6.07, 6.45) is 0. The first kappa shape index (κ1) is 7.95. The molecule has 6 heteroatoms. The van der Waals surface area contributed by atoms with Gasteiger partial charge in [0.05, 0.1) is 0 Å². The molecule has 0 atom stereocenters. The van der Waals surface area contributed by atoms with Crippen molar-refractivity contribution in [2.45, 2.75) is 3.42 Å². The van der Waals surface area contributed by atoms with Gasteiger partial charge < -0.3 is 0 Å². The van der Waals surface area contributed by atoms with Gasteiger partial charge in [0.15, 0.2) is 0 Å². The normalized spacial score (nSPS) is 12.9. The Morgan fingerprint density at radius 3 is 1.29 bits per heavy atom. The topological polar surface area (TPSA) is 0 Å². The van der Waals surface area contributed by atoms with Gasteiger partial charge in [-0.15, -0.1) is 0 Å². The summed E-state index contributed by atoms with van der Waals surface area (Å²) in [5.41, 5.74) is 0. The van der Waals surface area contributed by atoms with Crippen molar-refractivity contribution in [2.24, 2.45) is 0 Å². The summed E-state index contributed by atoms with van der Waals surface area (Å²) in [5, 5.41) is 0. The predicted molar refractivity (Wildman–Crippen MR) is 29.7 cm³/mol. The van der Waals surface area contributed by atoms with Crippen LogP contribution in [-0.4, -0.2) is 12.9 Å². The number of hydrogen-bond donors (Lipinski definition) is 0. The minimum atomic E-state index is -4.06. The molecule has 0 spiro atoms. The molecular weight excluding hydrogens is 184 g/mol. The van der Waals surface area contributed by atoms with E-state index < -0.39 is 12.9 Å². The molecule has 0 bridgehead atoms. The Balaban J connectivity index is 3.54. The summed E-state index contributed by atoms with van der Waals surface area (Å²) in [6.45, 7) is 0. The average Bonchev–Trinajstić information content (AvgIpc) is 1.31. The van der Waals surface area contributed by atoms with E-state index in [0.717, 1.165) is 0 Å². The molecule has 0 fully saturated rings. The molecule has 0 radical (unpaired) electrons. The van der Waals surface area contributed by atoms with Crippen molar-refractivity contribution in [1.82, 2.24) is 0 Å². The van der Waals surface area contributed by atoms with Crippen LogP contribution in [0.4, 0.5) is 8.22 Å². The Hall–Kier alpha value is 0.947. The highest BCUT2D eigenvalue weighted by molar-refractivity contribution is 6.89. The third-order valence-electron chi connectivity index (χ3n) is 0.247. The molecule has 0 amide bonds. The number of alkyl halides is 3. The molecule has 0 N–H and O–H groups in total. The molecule has 0 heterocycles. The monoisotopic (exact) mass is 184 g/mol. The molecule has 0 saturated carbocycles. The van der Waals surface area contributed by atoms with Crippen LogP contribution in [0.3, 0.4) is 0 Å². The van der Waals surface area contributed by atoms with Crippen molar-refractivity contribution in [3.63, 3.8) is 0 Å². The smallest absolute Gasteiger partial charge is 0.270 e. The van der Waals surface area contributed by atoms with Crippen molar-refractivity contribution in [2.75, 3.05) is 0 Å². The van der Waals surface area contributed by atoms with E-state index in [1.165, 1.54) is 0 Å². The fraction of sp³-hybridized carbons (Fsp3) is 1.00. The Morgan fingerprint density at radius 2 is 1.29 bits per heavy atom. The first-order chi connectivity index (χ1) is 2.94. The second-order valence-corrected chi connectivity index (χ2v) is 5.78. The molecule has 0 aliphatic rings. The Morgan fingerprint density at radius 1 is 1.14 bits per heavy atom. The molecule has 0 aliphatic heterocycles. The van der Waals surface area contributed by atoms with Crippen molar-refractivity contribution in [3.8, 4) is 0 Å². The largest absolute Gasteiger partial charge is 0.460 e. The van der Waals surface area contributed by atoms with Gasteiger partial charge in [0.1, 0.15) is 0 Å². The first-order valence-corrected chi connectivity index (χ1v) is 3.88. The summed E-state index contributed by atoms with van der Waals surface area (Å²) < 4.78 is 20.3. The Labute approximate surface area is 56.3 Å². The van der Waals surface area contributed by atoms with E-state index in [2.05, 4.69) is 0 Å². The van der Waals surface area contributed by atoms with Crippen LogP contribution in [0, 0.1) is 0 Å². The van der Waals surface area contributed by atoms with Gasteiger partial charge in [-0.3, -0.25) is 8.22 Å². The maximum absolute atomic E-state index is 11.3. The molecule has 0 aliphatic carbocycles. The van der Waals surface area contributed by atoms with Gasteiger partial charge in [-0.2, -0.15) is 0 Å². The zero-order valence-electron chi connectivity index (χ0n) is 2.97. The average molecular weight is 185 g/mol. The van der Waals surface area contributed by atoms with Gasteiger partial charge >= 0.3 is 9.46 Å². The van der Waals surface area contributed by atoms with Gasteiger partial charge in [0, 0.05) is 0 Å². The van der Waals surface area contributed by atoms with Crippen LogP contribution in [0.15, 0.2) is 0 Å². The Kier molecular flexibility index (Phi) is 2.82. The van der Waals surface area contributed by atoms with Crippen LogP contribution in [0.1, 0.15) is 0 Å². The SMILES string of the molecule is F[SiH](F)C(Cl)(Cl)Cl. The van der Waals surface area contributed by atoms with Gasteiger partial charge in [-0.25, -0.2) is 0 Å². The van der Waals surface area contributed by atoms with Crippen molar-refractivity contribution in [1.29, 1.82) is 0 Å². The molecule has 44 valence electrons. The minimum absolute atomic E-state index is 2.28. The number of hydrogen-bond acceptors (Lipinski definition) is 0. The van der Waals surface area contributed by atoms with E-state index in [-0.39, 0.29) is 0 Å². The van der Waals surface area contributed by atoms with Crippen molar-refractivity contribution < 1.29 is 8.22 Å². The molecule has 7 heavy (non-hydrogen) atoms. The highest BCUT2D eigenvalue weighted by atomic mass is 35.6. The highest BCUT2D eigenvalue weighted by Crippen LogP contribution is 2.29. The second-order valence-electron chi connectivity index (χ2n) is 0.842. The quantitative estimate of drug-likeness (QED) is 0.308. The molecule has 0 saturated heterocycles. The molecule has 0 aromatic rings. The molecule has 0 unspecified atom stereocenters. The Bertz CT molecular complexity index is 58.4. The van der Waals surface area contributed by atoms with Crippen LogP contribution in [0.5, 0.6) is 0 Å². The third-order valence-corrected chi connectivity index (χ3v) is 2.23. The summed E-state index contributed by atoms with van der Waals surface area (Å²) >= 11 is 14.1. The van der Waals surface area contributed by atoms with Gasteiger partial charge in [0.25, 0.3) is 0 Å². The minimum Gasteiger partial charge on any atom is -0.270 e. The maximum Gasteiger partial charge on any atom is 0.460 e. The fourth-order valence-corrected chi connectivity index (χ4v) is 0. The van der Waals surface area contributed by atoms with Crippen LogP contribution < -0.4 is 0 Å². The van der Waals surface area contributed by atoms with Crippen LogP contribution >= 0.6 is 34.8 Å².